The van der Waals surface area contributed by atoms with Crippen LogP contribution in [0.25, 0.3) is 0 Å². The predicted octanol–water partition coefficient (Wildman–Crippen LogP) is 0.682. The number of nitrogens with two attached hydrogens (primary N) is 1. The van der Waals surface area contributed by atoms with Crippen molar-refractivity contribution in [3.63, 3.8) is 0 Å². The minimum absolute atomic E-state index is 0.110. The molecule has 2 N–H and O–H groups in total. The summed E-state index contributed by atoms with van der Waals surface area (Å²) in [4.78, 5) is 6.56. The molecule has 0 saturated heterocycles. The highest BCUT2D eigenvalue weighted by Crippen LogP contribution is 2.18. The summed E-state index contributed by atoms with van der Waals surface area (Å²) in [6, 6.07) is -0.288. The second-order valence-electron chi connectivity index (χ2n) is 4.74. The lowest BCUT2D eigenvalue weighted by Gasteiger charge is -2.08. The molecule has 104 valence electrons. The molecule has 1 aromatic rings. The third-order valence-corrected chi connectivity index (χ3v) is 4.43. The summed E-state index contributed by atoms with van der Waals surface area (Å²) in [5.41, 5.74) is 6.74. The lowest BCUT2D eigenvalue weighted by molar-refractivity contribution is 0.413. The zero-order valence-electron chi connectivity index (χ0n) is 11.1. The largest absolute Gasteiger partial charge is 0.323 e. The van der Waals surface area contributed by atoms with E-state index in [4.69, 9.17) is 5.73 Å². The monoisotopic (exact) mass is 291 g/mol. The number of likely N-dealkylation sites (N-methyl/N-ethyl adjacent to an activating group) is 1. The maximum atomic E-state index is 11.1. The van der Waals surface area contributed by atoms with E-state index in [0.717, 1.165) is 23.7 Å². The quantitative estimate of drug-likeness (QED) is 0.799. The predicted molar refractivity (Wildman–Crippen MR) is 75.6 cm³/mol. The van der Waals surface area contributed by atoms with Crippen molar-refractivity contribution in [3.8, 4) is 0 Å². The number of rotatable bonds is 7. The molecule has 0 aliphatic heterocycles. The average Bonchev–Trinajstić information content (AvgIpc) is 2.70. The Labute approximate surface area is 113 Å². The van der Waals surface area contributed by atoms with E-state index in [-0.39, 0.29) is 11.8 Å². The highest BCUT2D eigenvalue weighted by Gasteiger charge is 2.13. The van der Waals surface area contributed by atoms with Gasteiger partial charge in [0.2, 0.25) is 0 Å². The van der Waals surface area contributed by atoms with Crippen LogP contribution in [-0.2, 0) is 16.3 Å². The Morgan fingerprint density at radius 3 is 2.72 bits per heavy atom. The molecule has 5 nitrogen and oxygen atoms in total. The van der Waals surface area contributed by atoms with Crippen LogP contribution in [0.15, 0.2) is 5.38 Å². The number of hydrogen-bond donors (Lipinski definition) is 1. The molecule has 0 radical (unpaired) electrons. The van der Waals surface area contributed by atoms with Crippen molar-refractivity contribution in [3.05, 3.63) is 16.1 Å². The smallest absolute Gasteiger partial charge is 0.147 e. The van der Waals surface area contributed by atoms with Crippen molar-refractivity contribution in [1.29, 1.82) is 0 Å². The van der Waals surface area contributed by atoms with E-state index in [0.29, 0.717) is 6.42 Å². The molecule has 0 spiro atoms. The zero-order chi connectivity index (χ0) is 13.8. The van der Waals surface area contributed by atoms with Crippen molar-refractivity contribution in [1.82, 2.24) is 9.88 Å². The Morgan fingerprint density at radius 1 is 1.50 bits per heavy atom. The Bertz CT molecular complexity index is 468. The summed E-state index contributed by atoms with van der Waals surface area (Å²) >= 11 is 1.59. The van der Waals surface area contributed by atoms with Crippen LogP contribution in [0.5, 0.6) is 0 Å². The number of sulfone groups is 1. The summed E-state index contributed by atoms with van der Waals surface area (Å²) in [5, 5.41) is 2.98. The fraction of sp³-hybridized carbons (Fsp3) is 0.727. The third-order valence-electron chi connectivity index (χ3n) is 2.52. The molecule has 7 heteroatoms. The van der Waals surface area contributed by atoms with E-state index in [9.17, 15) is 8.42 Å². The Morgan fingerprint density at radius 2 is 2.17 bits per heavy atom. The number of hydrogen-bond acceptors (Lipinski definition) is 6. The molecule has 1 heterocycles. The maximum Gasteiger partial charge on any atom is 0.147 e. The van der Waals surface area contributed by atoms with Crippen LogP contribution in [0.2, 0.25) is 0 Å². The summed E-state index contributed by atoms with van der Waals surface area (Å²) < 4.78 is 22.1. The molecule has 1 aromatic heterocycles. The van der Waals surface area contributed by atoms with Gasteiger partial charge in [-0.1, -0.05) is 0 Å². The molecule has 0 aliphatic carbocycles. The van der Waals surface area contributed by atoms with E-state index < -0.39 is 9.84 Å². The van der Waals surface area contributed by atoms with Gasteiger partial charge in [0.15, 0.2) is 0 Å². The molecular formula is C11H21N3O2S2. The lowest BCUT2D eigenvalue weighted by Crippen LogP contribution is -2.17. The van der Waals surface area contributed by atoms with E-state index in [1.165, 1.54) is 6.26 Å². The van der Waals surface area contributed by atoms with E-state index in [2.05, 4.69) is 9.88 Å². The standard InChI is InChI=1S/C11H21N3O2S2/c1-14(2)6-4-11-13-10(8-17-11)9(12)5-7-18(3,15)16/h8-9H,4-7,12H2,1-3H3. The van der Waals surface area contributed by atoms with Crippen molar-refractivity contribution in [2.24, 2.45) is 5.73 Å². The molecule has 0 bridgehead atoms. The molecular weight excluding hydrogens is 270 g/mol. The van der Waals surface area contributed by atoms with E-state index >= 15 is 0 Å². The molecule has 1 atom stereocenters. The second-order valence-corrected chi connectivity index (χ2v) is 7.95. The summed E-state index contributed by atoms with van der Waals surface area (Å²) in [6.45, 7) is 0.950. The lowest BCUT2D eigenvalue weighted by atomic mass is 10.2. The van der Waals surface area contributed by atoms with Gasteiger partial charge in [0.1, 0.15) is 9.84 Å². The van der Waals surface area contributed by atoms with Gasteiger partial charge in [0.25, 0.3) is 0 Å². The van der Waals surface area contributed by atoms with Crippen molar-refractivity contribution in [2.45, 2.75) is 18.9 Å². The van der Waals surface area contributed by atoms with Gasteiger partial charge in [0.05, 0.1) is 16.5 Å². The summed E-state index contributed by atoms with van der Waals surface area (Å²) in [7, 11) is 1.09. The molecule has 0 saturated carbocycles. The number of thiazole rings is 1. The van der Waals surface area contributed by atoms with Crippen LogP contribution < -0.4 is 5.73 Å². The molecule has 1 unspecified atom stereocenters. The van der Waals surface area contributed by atoms with Gasteiger partial charge < -0.3 is 10.6 Å². The van der Waals surface area contributed by atoms with Gasteiger partial charge in [-0.3, -0.25) is 0 Å². The molecule has 18 heavy (non-hydrogen) atoms. The summed E-state index contributed by atoms with van der Waals surface area (Å²) in [6.07, 6.45) is 2.55. The van der Waals surface area contributed by atoms with E-state index in [1.54, 1.807) is 11.3 Å². The average molecular weight is 291 g/mol. The van der Waals surface area contributed by atoms with Crippen LogP contribution >= 0.6 is 11.3 Å². The second kappa shape index (κ2) is 6.60. The number of nitrogens with zero attached hydrogens (tertiary/aromatic N) is 2. The fourth-order valence-electron chi connectivity index (χ4n) is 1.42. The van der Waals surface area contributed by atoms with Gasteiger partial charge in [-0.15, -0.1) is 11.3 Å². The van der Waals surface area contributed by atoms with Crippen LogP contribution in [0, 0.1) is 0 Å². The van der Waals surface area contributed by atoms with Crippen molar-refractivity contribution < 1.29 is 8.42 Å². The molecule has 0 aromatic carbocycles. The molecule has 0 amide bonds. The molecule has 0 aliphatic rings. The van der Waals surface area contributed by atoms with Crippen LogP contribution in [0.3, 0.4) is 0 Å². The van der Waals surface area contributed by atoms with Gasteiger partial charge >= 0.3 is 0 Å². The molecule has 0 fully saturated rings. The van der Waals surface area contributed by atoms with E-state index in [1.807, 2.05) is 19.5 Å². The van der Waals surface area contributed by atoms with Crippen LogP contribution in [-0.4, -0.2) is 51.0 Å². The minimum atomic E-state index is -2.95. The van der Waals surface area contributed by atoms with Gasteiger partial charge in [-0.2, -0.15) is 0 Å². The third kappa shape index (κ3) is 5.90. The van der Waals surface area contributed by atoms with Crippen molar-refractivity contribution in [2.75, 3.05) is 32.6 Å². The number of aromatic nitrogens is 1. The highest BCUT2D eigenvalue weighted by molar-refractivity contribution is 7.90. The SMILES string of the molecule is CN(C)CCc1nc(C(N)CCS(C)(=O)=O)cs1. The first kappa shape index (κ1) is 15.6. The van der Waals surface area contributed by atoms with Crippen molar-refractivity contribution >= 4 is 21.2 Å². The van der Waals surface area contributed by atoms with Crippen LogP contribution in [0.4, 0.5) is 0 Å². The Balaban J connectivity index is 2.51. The minimum Gasteiger partial charge on any atom is -0.323 e. The first-order chi connectivity index (χ1) is 8.28. The Kier molecular flexibility index (Phi) is 5.71. The highest BCUT2D eigenvalue weighted by atomic mass is 32.2. The first-order valence-electron chi connectivity index (χ1n) is 5.80. The fourth-order valence-corrected chi connectivity index (χ4v) is 2.95. The topological polar surface area (TPSA) is 76.3 Å². The van der Waals surface area contributed by atoms with Crippen LogP contribution in [0.1, 0.15) is 23.2 Å². The van der Waals surface area contributed by atoms with Gasteiger partial charge in [-0.25, -0.2) is 13.4 Å². The van der Waals surface area contributed by atoms with Gasteiger partial charge in [0, 0.05) is 30.6 Å². The normalized spacial score (nSPS) is 14.1. The first-order valence-corrected chi connectivity index (χ1v) is 8.74. The Hall–Kier alpha value is -0.500. The summed E-state index contributed by atoms with van der Waals surface area (Å²) in [5.74, 6) is 0.110. The zero-order valence-corrected chi connectivity index (χ0v) is 12.7. The maximum absolute atomic E-state index is 11.1. The van der Waals surface area contributed by atoms with Gasteiger partial charge in [-0.05, 0) is 20.5 Å². The molecule has 1 rings (SSSR count).